The van der Waals surface area contributed by atoms with E-state index in [-0.39, 0.29) is 17.8 Å². The Kier molecular flexibility index (Phi) is 4.40. The molecule has 4 atom stereocenters. The molecule has 2 heterocycles. The lowest BCUT2D eigenvalue weighted by atomic mass is 9.98. The zero-order valence-corrected chi connectivity index (χ0v) is 15.9. The predicted molar refractivity (Wildman–Crippen MR) is 109 cm³/mol. The van der Waals surface area contributed by atoms with E-state index < -0.39 is 6.04 Å². The van der Waals surface area contributed by atoms with Gasteiger partial charge in [-0.1, -0.05) is 12.1 Å². The molecule has 5 rings (SSSR count). The molecule has 1 aromatic heterocycles. The van der Waals surface area contributed by atoms with E-state index in [1.54, 1.807) is 12.3 Å². The normalized spacial score (nSPS) is 23.9. The van der Waals surface area contributed by atoms with Crippen molar-refractivity contribution in [2.24, 2.45) is 5.92 Å². The smallest absolute Gasteiger partial charge is 0.238 e. The van der Waals surface area contributed by atoms with E-state index in [2.05, 4.69) is 21.7 Å². The third kappa shape index (κ3) is 3.32. The third-order valence-electron chi connectivity index (χ3n) is 6.26. The summed E-state index contributed by atoms with van der Waals surface area (Å²) < 4.78 is 13.4. The minimum atomic E-state index is -0.580. The first kappa shape index (κ1) is 18.0. The molecular weight excluding hydrogens is 367 g/mol. The number of fused-ring (bicyclic) bond motifs is 5. The van der Waals surface area contributed by atoms with E-state index in [4.69, 9.17) is 0 Å². The van der Waals surface area contributed by atoms with Crippen LogP contribution in [0, 0.1) is 23.1 Å². The lowest BCUT2D eigenvalue weighted by Gasteiger charge is -2.23. The molecule has 5 nitrogen and oxygen atoms in total. The largest absolute Gasteiger partial charge is 0.339 e. The van der Waals surface area contributed by atoms with Crippen LogP contribution >= 0.6 is 0 Å². The Bertz CT molecular complexity index is 1150. The van der Waals surface area contributed by atoms with Crippen molar-refractivity contribution in [3.05, 3.63) is 54.0 Å². The lowest BCUT2D eigenvalue weighted by Crippen LogP contribution is -2.50. The maximum atomic E-state index is 13.4. The second kappa shape index (κ2) is 7.09. The molecule has 2 fully saturated rings. The fourth-order valence-electron chi connectivity index (χ4n) is 4.85. The summed E-state index contributed by atoms with van der Waals surface area (Å²) in [6.07, 6.45) is 5.44. The zero-order chi connectivity index (χ0) is 20.0. The molecule has 1 amide bonds. The fraction of sp³-hybridized carbons (Fsp3) is 0.348. The molecule has 1 saturated carbocycles. The molecule has 6 heteroatoms. The maximum absolute atomic E-state index is 13.4. The SMILES string of the molecule is N#CC(Cc1ccc2c(cnc3cc(F)ccc32)c1)NC(=O)[C@H]1NC2CCC1C2. The number of pyridine rings is 1. The average molecular weight is 388 g/mol. The van der Waals surface area contributed by atoms with Crippen LogP contribution in [0.15, 0.2) is 42.6 Å². The van der Waals surface area contributed by atoms with Gasteiger partial charge in [-0.05, 0) is 54.3 Å². The molecule has 2 aromatic carbocycles. The third-order valence-corrected chi connectivity index (χ3v) is 6.26. The summed E-state index contributed by atoms with van der Waals surface area (Å²) in [5, 5.41) is 18.6. The number of carbonyl (C=O) groups excluding carboxylic acids is 1. The molecule has 146 valence electrons. The summed E-state index contributed by atoms with van der Waals surface area (Å²) in [6.45, 7) is 0. The molecule has 3 unspecified atom stereocenters. The van der Waals surface area contributed by atoms with Gasteiger partial charge in [0.2, 0.25) is 5.91 Å². The second-order valence-electron chi connectivity index (χ2n) is 8.15. The fourth-order valence-corrected chi connectivity index (χ4v) is 4.85. The number of benzene rings is 2. The molecule has 3 aromatic rings. The van der Waals surface area contributed by atoms with Gasteiger partial charge in [-0.25, -0.2) is 4.39 Å². The topological polar surface area (TPSA) is 77.8 Å². The molecule has 2 N–H and O–H groups in total. The van der Waals surface area contributed by atoms with Crippen molar-refractivity contribution in [2.45, 2.75) is 43.8 Å². The number of piperidine rings is 1. The predicted octanol–water partition coefficient (Wildman–Crippen LogP) is 3.22. The van der Waals surface area contributed by atoms with Crippen molar-refractivity contribution in [2.75, 3.05) is 0 Å². The Balaban J connectivity index is 1.34. The van der Waals surface area contributed by atoms with Gasteiger partial charge < -0.3 is 10.6 Å². The first-order chi connectivity index (χ1) is 14.1. The van der Waals surface area contributed by atoms with Crippen molar-refractivity contribution in [1.29, 1.82) is 5.26 Å². The number of carbonyl (C=O) groups is 1. The number of aromatic nitrogens is 1. The van der Waals surface area contributed by atoms with Gasteiger partial charge >= 0.3 is 0 Å². The van der Waals surface area contributed by atoms with Gasteiger partial charge in [0.15, 0.2) is 0 Å². The number of nitrogens with one attached hydrogen (secondary N) is 2. The van der Waals surface area contributed by atoms with Crippen LogP contribution in [0.1, 0.15) is 24.8 Å². The van der Waals surface area contributed by atoms with E-state index in [0.717, 1.165) is 41.0 Å². The van der Waals surface area contributed by atoms with Crippen LogP contribution in [0.4, 0.5) is 4.39 Å². The molecule has 2 bridgehead atoms. The second-order valence-corrected chi connectivity index (χ2v) is 8.15. The van der Waals surface area contributed by atoms with Crippen LogP contribution in [0.5, 0.6) is 0 Å². The molecule has 29 heavy (non-hydrogen) atoms. The summed E-state index contributed by atoms with van der Waals surface area (Å²) in [4.78, 5) is 17.0. The highest BCUT2D eigenvalue weighted by Crippen LogP contribution is 2.35. The number of nitriles is 1. The van der Waals surface area contributed by atoms with Crippen molar-refractivity contribution in [3.63, 3.8) is 0 Å². The molecule has 2 aliphatic rings. The van der Waals surface area contributed by atoms with Gasteiger partial charge in [-0.3, -0.25) is 9.78 Å². The average Bonchev–Trinajstić information content (AvgIpc) is 3.36. The number of rotatable bonds is 4. The molecular formula is C23H21FN4O. The first-order valence-electron chi connectivity index (χ1n) is 10.0. The highest BCUT2D eigenvalue weighted by atomic mass is 19.1. The summed E-state index contributed by atoms with van der Waals surface area (Å²) >= 11 is 0. The molecule has 1 aliphatic heterocycles. The van der Waals surface area contributed by atoms with Crippen molar-refractivity contribution in [3.8, 4) is 6.07 Å². The number of hydrogen-bond donors (Lipinski definition) is 2. The quantitative estimate of drug-likeness (QED) is 0.673. The van der Waals surface area contributed by atoms with Crippen LogP contribution in [0.2, 0.25) is 0 Å². The van der Waals surface area contributed by atoms with E-state index in [1.165, 1.54) is 12.1 Å². The molecule has 1 aliphatic carbocycles. The van der Waals surface area contributed by atoms with Gasteiger partial charge in [0.25, 0.3) is 0 Å². The number of hydrogen-bond acceptors (Lipinski definition) is 4. The monoisotopic (exact) mass is 388 g/mol. The Labute approximate surface area is 167 Å². The van der Waals surface area contributed by atoms with Crippen molar-refractivity contribution in [1.82, 2.24) is 15.6 Å². The lowest BCUT2D eigenvalue weighted by molar-refractivity contribution is -0.124. The van der Waals surface area contributed by atoms with Crippen LogP contribution in [0.25, 0.3) is 21.7 Å². The number of nitrogens with zero attached hydrogens (tertiary/aromatic N) is 2. The van der Waals surface area contributed by atoms with E-state index in [1.807, 2.05) is 18.2 Å². The highest BCUT2D eigenvalue weighted by molar-refractivity contribution is 6.05. The summed E-state index contributed by atoms with van der Waals surface area (Å²) in [5.41, 5.74) is 1.57. The summed E-state index contributed by atoms with van der Waals surface area (Å²) in [6, 6.07) is 12.4. The molecule has 0 radical (unpaired) electrons. The van der Waals surface area contributed by atoms with Gasteiger partial charge in [-0.15, -0.1) is 0 Å². The minimum absolute atomic E-state index is 0.0702. The van der Waals surface area contributed by atoms with Crippen LogP contribution in [0.3, 0.4) is 0 Å². The summed E-state index contributed by atoms with van der Waals surface area (Å²) in [5.74, 6) is 0.0157. The highest BCUT2D eigenvalue weighted by Gasteiger charge is 2.43. The van der Waals surface area contributed by atoms with Crippen LogP contribution in [-0.2, 0) is 11.2 Å². The molecule has 0 spiro atoms. The standard InChI is InChI=1S/C23H21FN4O/c24-16-3-6-20-19-5-1-13(7-15(19)12-26-21(20)10-16)8-18(11-25)28-23(29)22-14-2-4-17(9-14)27-22/h1,3,5-7,10,12,14,17-18,22,27H,2,4,8-9H2,(H,28,29)/t14?,17?,18?,22-/m0/s1. The Morgan fingerprint density at radius 2 is 2.14 bits per heavy atom. The van der Waals surface area contributed by atoms with Gasteiger partial charge in [0.05, 0.1) is 17.6 Å². The Morgan fingerprint density at radius 3 is 2.90 bits per heavy atom. The van der Waals surface area contributed by atoms with E-state index in [0.29, 0.717) is 23.9 Å². The van der Waals surface area contributed by atoms with Crippen LogP contribution in [-0.4, -0.2) is 29.0 Å². The Hall–Kier alpha value is -3.04. The first-order valence-corrected chi connectivity index (χ1v) is 10.0. The van der Waals surface area contributed by atoms with E-state index in [9.17, 15) is 14.4 Å². The van der Waals surface area contributed by atoms with Crippen LogP contribution < -0.4 is 10.6 Å². The van der Waals surface area contributed by atoms with Gasteiger partial charge in [0, 0.05) is 35.5 Å². The Morgan fingerprint density at radius 1 is 1.28 bits per heavy atom. The maximum Gasteiger partial charge on any atom is 0.238 e. The van der Waals surface area contributed by atoms with Crippen molar-refractivity contribution < 1.29 is 9.18 Å². The number of amides is 1. The van der Waals surface area contributed by atoms with Gasteiger partial charge in [-0.2, -0.15) is 5.26 Å². The summed E-state index contributed by atoms with van der Waals surface area (Å²) in [7, 11) is 0. The minimum Gasteiger partial charge on any atom is -0.339 e. The molecule has 1 saturated heterocycles. The van der Waals surface area contributed by atoms with Gasteiger partial charge in [0.1, 0.15) is 11.9 Å². The van der Waals surface area contributed by atoms with Crippen molar-refractivity contribution >= 4 is 27.6 Å². The zero-order valence-electron chi connectivity index (χ0n) is 15.9. The number of halogens is 1. The van der Waals surface area contributed by atoms with E-state index >= 15 is 0 Å².